The van der Waals surface area contributed by atoms with Crippen LogP contribution in [0.1, 0.15) is 76.6 Å². The summed E-state index contributed by atoms with van der Waals surface area (Å²) in [5.74, 6) is 0.821. The number of fused-ring (bicyclic) bond motifs is 1. The van der Waals surface area contributed by atoms with Crippen molar-refractivity contribution in [2.24, 2.45) is 0 Å². The largest absolute Gasteiger partial charge is 0.341 e. The Morgan fingerprint density at radius 1 is 1.00 bits per heavy atom. The molecular weight excluding hydrogens is 536 g/mol. The predicted molar refractivity (Wildman–Crippen MR) is 166 cm³/mol. The van der Waals surface area contributed by atoms with Gasteiger partial charge in [-0.15, -0.1) is 0 Å². The van der Waals surface area contributed by atoms with E-state index in [9.17, 15) is 9.00 Å². The molecule has 3 aromatic rings. The van der Waals surface area contributed by atoms with Gasteiger partial charge in [0.2, 0.25) is 0 Å². The van der Waals surface area contributed by atoms with E-state index >= 15 is 0 Å². The van der Waals surface area contributed by atoms with Crippen molar-refractivity contribution in [3.63, 3.8) is 0 Å². The zero-order valence-corrected chi connectivity index (χ0v) is 25.4. The molecule has 0 N–H and O–H groups in total. The van der Waals surface area contributed by atoms with Crippen LogP contribution in [0.4, 0.5) is 0 Å². The van der Waals surface area contributed by atoms with E-state index in [1.807, 2.05) is 48.3 Å². The summed E-state index contributed by atoms with van der Waals surface area (Å²) in [7, 11) is 0.989. The summed E-state index contributed by atoms with van der Waals surface area (Å²) in [6, 6.07) is 22.6. The molecule has 1 unspecified atom stereocenters. The number of hydrogen-bond donors (Lipinski definition) is 0. The highest BCUT2D eigenvalue weighted by atomic mass is 35.5. The Hall–Kier alpha value is -2.47. The lowest BCUT2D eigenvalue weighted by Crippen LogP contribution is -2.36. The van der Waals surface area contributed by atoms with Gasteiger partial charge < -0.3 is 9.80 Å². The number of benzene rings is 3. The lowest BCUT2D eigenvalue weighted by molar-refractivity contribution is 0.0780. The fourth-order valence-electron chi connectivity index (χ4n) is 6.58. The molecule has 3 aromatic carbocycles. The number of likely N-dealkylation sites (N-methyl/N-ethyl adjacent to an activating group) is 1. The minimum atomic E-state index is -0.963. The molecule has 4 nitrogen and oxygen atoms in total. The Morgan fingerprint density at radius 3 is 2.48 bits per heavy atom. The number of rotatable bonds is 9. The highest BCUT2D eigenvalue weighted by Gasteiger charge is 2.26. The highest BCUT2D eigenvalue weighted by Crippen LogP contribution is 2.33. The fraction of sp³-hybridized carbons (Fsp3) is 0.441. The summed E-state index contributed by atoms with van der Waals surface area (Å²) in [5, 5.41) is 0.734. The normalized spacial score (nSPS) is 17.7. The third kappa shape index (κ3) is 6.87. The van der Waals surface area contributed by atoms with Gasteiger partial charge in [0.1, 0.15) is 0 Å². The summed E-state index contributed by atoms with van der Waals surface area (Å²) in [6.07, 6.45) is 9.36. The van der Waals surface area contributed by atoms with Crippen LogP contribution in [0.3, 0.4) is 0 Å². The maximum absolute atomic E-state index is 13.7. The first-order chi connectivity index (χ1) is 19.4. The van der Waals surface area contributed by atoms with Crippen LogP contribution < -0.4 is 0 Å². The molecule has 1 aliphatic carbocycles. The molecule has 6 heteroatoms. The van der Waals surface area contributed by atoms with E-state index in [0.717, 1.165) is 73.6 Å². The molecule has 1 saturated heterocycles. The van der Waals surface area contributed by atoms with Gasteiger partial charge >= 0.3 is 0 Å². The van der Waals surface area contributed by atoms with Gasteiger partial charge in [-0.05, 0) is 117 Å². The van der Waals surface area contributed by atoms with E-state index in [4.69, 9.17) is 11.6 Å². The number of likely N-dealkylation sites (tertiary alicyclic amines) is 1. The number of carbonyl (C=O) groups excluding carboxylic acids is 1. The molecule has 2 aliphatic rings. The number of carbonyl (C=O) groups is 1. The lowest BCUT2D eigenvalue weighted by atomic mass is 9.87. The standard InChI is InChI=1S/C34H41ClN2O2S/c1-36(34(38)32-12-7-9-26-8-3-4-10-30(26)32)24-28(25-14-16-29(35)17-15-25)20-23-37-21-18-27(19-22-37)31-11-5-6-13-33(31)40(2)39/h5-7,9,11-17,27-28H,3-4,8,10,18-24H2,1-2H3/t28?,40-/m0/s1. The summed E-state index contributed by atoms with van der Waals surface area (Å²) < 4.78 is 12.3. The van der Waals surface area contributed by atoms with Crippen LogP contribution >= 0.6 is 11.6 Å². The maximum atomic E-state index is 13.7. The number of halogens is 1. The Morgan fingerprint density at radius 2 is 1.73 bits per heavy atom. The first kappa shape index (κ1) is 29.0. The van der Waals surface area contributed by atoms with Crippen LogP contribution in [0.15, 0.2) is 71.6 Å². The van der Waals surface area contributed by atoms with Gasteiger partial charge in [-0.25, -0.2) is 0 Å². The topological polar surface area (TPSA) is 40.6 Å². The molecule has 212 valence electrons. The molecule has 40 heavy (non-hydrogen) atoms. The average molecular weight is 577 g/mol. The second-order valence-corrected chi connectivity index (χ2v) is 13.3. The van der Waals surface area contributed by atoms with Crippen molar-refractivity contribution < 1.29 is 9.00 Å². The summed E-state index contributed by atoms with van der Waals surface area (Å²) in [4.78, 5) is 19.1. The minimum absolute atomic E-state index is 0.130. The van der Waals surface area contributed by atoms with Gasteiger partial charge in [-0.1, -0.05) is 54.1 Å². The molecule has 0 bridgehead atoms. The zero-order valence-electron chi connectivity index (χ0n) is 23.8. The van der Waals surface area contributed by atoms with Crippen molar-refractivity contribution >= 4 is 28.3 Å². The second-order valence-electron chi connectivity index (χ2n) is 11.5. The molecule has 5 rings (SSSR count). The first-order valence-corrected chi connectivity index (χ1v) is 16.6. The summed E-state index contributed by atoms with van der Waals surface area (Å²) in [5.41, 5.74) is 5.96. The molecular formula is C34H41ClN2O2S. The van der Waals surface area contributed by atoms with E-state index in [-0.39, 0.29) is 11.8 Å². The van der Waals surface area contributed by atoms with Gasteiger partial charge in [0, 0.05) is 41.2 Å². The molecule has 1 fully saturated rings. The molecule has 0 aromatic heterocycles. The van der Waals surface area contributed by atoms with Crippen molar-refractivity contribution in [2.75, 3.05) is 39.5 Å². The van der Waals surface area contributed by atoms with E-state index in [0.29, 0.717) is 12.5 Å². The molecule has 1 amide bonds. The number of amides is 1. The molecule has 1 heterocycles. The Kier molecular flexibility index (Phi) is 9.77. The summed E-state index contributed by atoms with van der Waals surface area (Å²) in [6.45, 7) is 3.74. The fourth-order valence-corrected chi connectivity index (χ4v) is 7.55. The number of piperidine rings is 1. The van der Waals surface area contributed by atoms with E-state index in [2.05, 4.69) is 35.2 Å². The van der Waals surface area contributed by atoms with Crippen molar-refractivity contribution in [1.29, 1.82) is 0 Å². The average Bonchev–Trinajstić information content (AvgIpc) is 2.99. The van der Waals surface area contributed by atoms with E-state index in [1.54, 1.807) is 6.26 Å². The number of hydrogen-bond acceptors (Lipinski definition) is 3. The van der Waals surface area contributed by atoms with Crippen LogP contribution in [-0.2, 0) is 23.6 Å². The molecule has 1 aliphatic heterocycles. The van der Waals surface area contributed by atoms with Crippen LogP contribution in [0, 0.1) is 0 Å². The first-order valence-electron chi connectivity index (χ1n) is 14.7. The number of nitrogens with zero attached hydrogens (tertiary/aromatic N) is 2. The number of aryl methyl sites for hydroxylation is 1. The highest BCUT2D eigenvalue weighted by molar-refractivity contribution is 7.84. The van der Waals surface area contributed by atoms with Gasteiger partial charge in [-0.2, -0.15) is 0 Å². The van der Waals surface area contributed by atoms with E-state index < -0.39 is 10.8 Å². The third-order valence-electron chi connectivity index (χ3n) is 8.86. The van der Waals surface area contributed by atoms with Crippen LogP contribution in [0.2, 0.25) is 5.02 Å². The van der Waals surface area contributed by atoms with Crippen LogP contribution in [0.25, 0.3) is 0 Å². The Bertz CT molecular complexity index is 1330. The Balaban J connectivity index is 1.24. The molecule has 0 radical (unpaired) electrons. The van der Waals surface area contributed by atoms with Crippen molar-refractivity contribution in [2.45, 2.75) is 61.7 Å². The SMILES string of the molecule is CN(CC(CCN1CCC(c2ccccc2[S@](C)=O)CC1)c1ccc(Cl)cc1)C(=O)c1cccc2c1CCCC2. The predicted octanol–water partition coefficient (Wildman–Crippen LogP) is 7.08. The molecule has 0 saturated carbocycles. The minimum Gasteiger partial charge on any atom is -0.341 e. The second kappa shape index (κ2) is 13.5. The van der Waals surface area contributed by atoms with Gasteiger partial charge in [0.05, 0.1) is 10.8 Å². The van der Waals surface area contributed by atoms with Crippen LogP contribution in [-0.4, -0.2) is 59.4 Å². The van der Waals surface area contributed by atoms with Gasteiger partial charge in [0.15, 0.2) is 0 Å². The zero-order chi connectivity index (χ0) is 28.1. The summed E-state index contributed by atoms with van der Waals surface area (Å²) >= 11 is 6.22. The van der Waals surface area contributed by atoms with Gasteiger partial charge in [0.25, 0.3) is 5.91 Å². The maximum Gasteiger partial charge on any atom is 0.253 e. The van der Waals surface area contributed by atoms with Crippen molar-refractivity contribution in [1.82, 2.24) is 9.80 Å². The third-order valence-corrected chi connectivity index (χ3v) is 10.1. The van der Waals surface area contributed by atoms with Crippen molar-refractivity contribution in [3.8, 4) is 0 Å². The van der Waals surface area contributed by atoms with Gasteiger partial charge in [-0.3, -0.25) is 9.00 Å². The monoisotopic (exact) mass is 576 g/mol. The quantitative estimate of drug-likeness (QED) is 0.273. The smallest absolute Gasteiger partial charge is 0.253 e. The van der Waals surface area contributed by atoms with Crippen LogP contribution in [0.5, 0.6) is 0 Å². The van der Waals surface area contributed by atoms with Crippen molar-refractivity contribution in [3.05, 3.63) is 99.6 Å². The van der Waals surface area contributed by atoms with E-state index in [1.165, 1.54) is 28.7 Å². The lowest BCUT2D eigenvalue weighted by Gasteiger charge is -2.34. The molecule has 0 spiro atoms. The Labute approximate surface area is 247 Å². The molecule has 2 atom stereocenters.